The highest BCUT2D eigenvalue weighted by Gasteiger charge is 2.09. The van der Waals surface area contributed by atoms with Gasteiger partial charge in [-0.2, -0.15) is 0 Å². The molecule has 0 aliphatic rings. The maximum absolute atomic E-state index is 11.9. The van der Waals surface area contributed by atoms with Gasteiger partial charge >= 0.3 is 0 Å². The molecule has 0 radical (unpaired) electrons. The quantitative estimate of drug-likeness (QED) is 0.306. The molecule has 25 heavy (non-hydrogen) atoms. The van der Waals surface area contributed by atoms with Crippen molar-refractivity contribution in [2.24, 2.45) is 0 Å². The van der Waals surface area contributed by atoms with Gasteiger partial charge in [0.15, 0.2) is 10.9 Å². The van der Waals surface area contributed by atoms with Gasteiger partial charge in [-0.25, -0.2) is 0 Å². The lowest BCUT2D eigenvalue weighted by Crippen LogP contribution is -2.20. The van der Waals surface area contributed by atoms with E-state index in [-0.39, 0.29) is 12.5 Å². The van der Waals surface area contributed by atoms with Crippen molar-refractivity contribution in [1.29, 1.82) is 0 Å². The third-order valence-electron chi connectivity index (χ3n) is 3.04. The summed E-state index contributed by atoms with van der Waals surface area (Å²) in [6, 6.07) is 17.7. The number of hydrogen-bond donors (Lipinski definition) is 1. The minimum atomic E-state index is -0.255. The minimum Gasteiger partial charge on any atom is -0.484 e. The number of carbonyl (C=O) groups excluding carboxylic acids is 1. The highest BCUT2D eigenvalue weighted by Crippen LogP contribution is 2.28. The van der Waals surface area contributed by atoms with Gasteiger partial charge in [-0.3, -0.25) is 10.1 Å². The van der Waals surface area contributed by atoms with E-state index in [1.54, 1.807) is 11.8 Å². The van der Waals surface area contributed by atoms with Crippen molar-refractivity contribution in [2.75, 3.05) is 11.9 Å². The molecule has 1 aromatic heterocycles. The third-order valence-corrected chi connectivity index (χ3v) is 5.80. The number of halogens is 1. The standard InChI is InChI=1S/C17H14IN3O2S2/c18-13-6-8-14(9-7-13)23-10-15(22)19-16-20-21-17(25-16)24-11-12-4-2-1-3-5-12/h1-9H,10-11H2,(H,19,20,22). The van der Waals surface area contributed by atoms with Crippen LogP contribution in [-0.4, -0.2) is 22.7 Å². The summed E-state index contributed by atoms with van der Waals surface area (Å²) in [5, 5.41) is 11.3. The molecule has 1 N–H and O–H groups in total. The number of rotatable bonds is 7. The van der Waals surface area contributed by atoms with Crippen molar-refractivity contribution >= 4 is 56.7 Å². The molecule has 0 atom stereocenters. The van der Waals surface area contributed by atoms with E-state index < -0.39 is 0 Å². The van der Waals surface area contributed by atoms with Crippen LogP contribution in [0.15, 0.2) is 58.9 Å². The lowest BCUT2D eigenvalue weighted by molar-refractivity contribution is -0.118. The van der Waals surface area contributed by atoms with Crippen LogP contribution in [0.3, 0.4) is 0 Å². The van der Waals surface area contributed by atoms with Crippen LogP contribution in [0.25, 0.3) is 0 Å². The molecule has 0 saturated carbocycles. The average Bonchev–Trinajstić information content (AvgIpc) is 3.08. The largest absolute Gasteiger partial charge is 0.484 e. The molecule has 0 unspecified atom stereocenters. The first-order valence-corrected chi connectivity index (χ1v) is 10.3. The molecule has 0 saturated heterocycles. The molecule has 8 heteroatoms. The molecular formula is C17H14IN3O2S2. The number of benzene rings is 2. The molecule has 3 rings (SSSR count). The first-order chi connectivity index (χ1) is 12.2. The van der Waals surface area contributed by atoms with Crippen molar-refractivity contribution in [3.05, 3.63) is 63.7 Å². The van der Waals surface area contributed by atoms with E-state index in [4.69, 9.17) is 4.74 Å². The molecule has 128 valence electrons. The van der Waals surface area contributed by atoms with Crippen LogP contribution in [0, 0.1) is 3.57 Å². The number of amides is 1. The van der Waals surface area contributed by atoms with Crippen LogP contribution in [0.2, 0.25) is 0 Å². The van der Waals surface area contributed by atoms with E-state index in [0.717, 1.165) is 13.7 Å². The van der Waals surface area contributed by atoms with Gasteiger partial charge in [-0.15, -0.1) is 10.2 Å². The monoisotopic (exact) mass is 483 g/mol. The second-order valence-corrected chi connectivity index (χ2v) is 8.38. The Labute approximate surface area is 167 Å². The number of nitrogens with zero attached hydrogens (tertiary/aromatic N) is 2. The molecule has 0 fully saturated rings. The maximum atomic E-state index is 11.9. The summed E-state index contributed by atoms with van der Waals surface area (Å²) < 4.78 is 7.37. The summed E-state index contributed by atoms with van der Waals surface area (Å²) in [6.45, 7) is -0.0628. The van der Waals surface area contributed by atoms with Crippen molar-refractivity contribution in [3.63, 3.8) is 0 Å². The highest BCUT2D eigenvalue weighted by molar-refractivity contribution is 14.1. The molecule has 1 amide bonds. The summed E-state index contributed by atoms with van der Waals surface area (Å²) in [7, 11) is 0. The van der Waals surface area contributed by atoms with E-state index in [1.807, 2.05) is 42.5 Å². The number of aromatic nitrogens is 2. The first kappa shape index (κ1) is 18.2. The fraction of sp³-hybridized carbons (Fsp3) is 0.118. The van der Waals surface area contributed by atoms with Crippen LogP contribution < -0.4 is 10.1 Å². The van der Waals surface area contributed by atoms with Crippen LogP contribution >= 0.6 is 45.7 Å². The van der Waals surface area contributed by atoms with Crippen molar-refractivity contribution in [3.8, 4) is 5.75 Å². The number of hydrogen-bond acceptors (Lipinski definition) is 6. The molecule has 3 aromatic rings. The number of carbonyl (C=O) groups is 1. The van der Waals surface area contributed by atoms with E-state index in [9.17, 15) is 4.79 Å². The smallest absolute Gasteiger partial charge is 0.264 e. The van der Waals surface area contributed by atoms with Gasteiger partial charge in [0, 0.05) is 9.32 Å². The van der Waals surface area contributed by atoms with Crippen molar-refractivity contribution in [1.82, 2.24) is 10.2 Å². The average molecular weight is 483 g/mol. The third kappa shape index (κ3) is 5.98. The Kier molecular flexibility index (Phi) is 6.65. The van der Waals surface area contributed by atoms with Gasteiger partial charge in [0.25, 0.3) is 5.91 Å². The number of anilines is 1. The van der Waals surface area contributed by atoms with Gasteiger partial charge < -0.3 is 4.74 Å². The highest BCUT2D eigenvalue weighted by atomic mass is 127. The van der Waals surface area contributed by atoms with Crippen LogP contribution in [-0.2, 0) is 10.5 Å². The maximum Gasteiger partial charge on any atom is 0.264 e. The number of ether oxygens (including phenoxy) is 1. The van der Waals surface area contributed by atoms with E-state index in [1.165, 1.54) is 16.9 Å². The van der Waals surface area contributed by atoms with Crippen LogP contribution in [0.5, 0.6) is 5.75 Å². The predicted molar refractivity (Wildman–Crippen MR) is 109 cm³/mol. The first-order valence-electron chi connectivity index (χ1n) is 7.37. The summed E-state index contributed by atoms with van der Waals surface area (Å²) in [4.78, 5) is 11.9. The second-order valence-electron chi connectivity index (χ2n) is 4.94. The van der Waals surface area contributed by atoms with Crippen LogP contribution in [0.4, 0.5) is 5.13 Å². The van der Waals surface area contributed by atoms with E-state index in [0.29, 0.717) is 10.9 Å². The second kappa shape index (κ2) is 9.16. The summed E-state index contributed by atoms with van der Waals surface area (Å²) in [5.41, 5.74) is 1.22. The Hall–Kier alpha value is -1.65. The Morgan fingerprint density at radius 2 is 1.88 bits per heavy atom. The topological polar surface area (TPSA) is 64.1 Å². The Morgan fingerprint density at radius 1 is 1.12 bits per heavy atom. The van der Waals surface area contributed by atoms with Gasteiger partial charge in [0.2, 0.25) is 5.13 Å². The predicted octanol–water partition coefficient (Wildman–Crippen LogP) is 4.45. The Morgan fingerprint density at radius 3 is 2.64 bits per heavy atom. The van der Waals surface area contributed by atoms with Gasteiger partial charge in [-0.05, 0) is 52.4 Å². The molecule has 1 heterocycles. The fourth-order valence-corrected chi connectivity index (χ4v) is 3.96. The van der Waals surface area contributed by atoms with Gasteiger partial charge in [0.05, 0.1) is 0 Å². The molecule has 0 aliphatic heterocycles. The minimum absolute atomic E-state index is 0.0628. The van der Waals surface area contributed by atoms with E-state index >= 15 is 0 Å². The normalized spacial score (nSPS) is 10.4. The van der Waals surface area contributed by atoms with Gasteiger partial charge in [0.1, 0.15) is 5.75 Å². The molecule has 2 aromatic carbocycles. The molecule has 0 bridgehead atoms. The zero-order valence-corrected chi connectivity index (χ0v) is 16.8. The molecule has 0 spiro atoms. The van der Waals surface area contributed by atoms with Gasteiger partial charge in [-0.1, -0.05) is 53.4 Å². The number of thioether (sulfide) groups is 1. The molecule has 5 nitrogen and oxygen atoms in total. The zero-order chi connectivity index (χ0) is 17.5. The van der Waals surface area contributed by atoms with Crippen molar-refractivity contribution in [2.45, 2.75) is 10.1 Å². The number of nitrogens with one attached hydrogen (secondary N) is 1. The summed E-state index contributed by atoms with van der Waals surface area (Å²) in [5.74, 6) is 1.22. The molecular weight excluding hydrogens is 469 g/mol. The lowest BCUT2D eigenvalue weighted by Gasteiger charge is -2.05. The Balaban J connectivity index is 1.45. The fourth-order valence-electron chi connectivity index (χ4n) is 1.87. The van der Waals surface area contributed by atoms with Crippen LogP contribution in [0.1, 0.15) is 5.56 Å². The SMILES string of the molecule is O=C(COc1ccc(I)cc1)Nc1nnc(SCc2ccccc2)s1. The zero-order valence-electron chi connectivity index (χ0n) is 13.0. The summed E-state index contributed by atoms with van der Waals surface area (Å²) in [6.07, 6.45) is 0. The van der Waals surface area contributed by atoms with Crippen molar-refractivity contribution < 1.29 is 9.53 Å². The lowest BCUT2D eigenvalue weighted by atomic mass is 10.2. The Bertz CT molecular complexity index is 825. The molecule has 0 aliphatic carbocycles. The summed E-state index contributed by atoms with van der Waals surface area (Å²) >= 11 is 5.17. The van der Waals surface area contributed by atoms with E-state index in [2.05, 4.69) is 50.2 Å².